The fourth-order valence-corrected chi connectivity index (χ4v) is 5.29. The summed E-state index contributed by atoms with van der Waals surface area (Å²) in [6.45, 7) is 6.19. The van der Waals surface area contributed by atoms with Crippen LogP contribution in [0.4, 0.5) is 4.79 Å². The minimum Gasteiger partial charge on any atom is -0.454 e. The second-order valence-corrected chi connectivity index (χ2v) is 9.73. The van der Waals surface area contributed by atoms with Crippen molar-refractivity contribution in [3.05, 3.63) is 58.4 Å². The molecule has 1 N–H and O–H groups in total. The third-order valence-electron chi connectivity index (χ3n) is 7.44. The Morgan fingerprint density at radius 2 is 1.91 bits per heavy atom. The Morgan fingerprint density at radius 1 is 1.11 bits per heavy atom. The second kappa shape index (κ2) is 8.91. The number of carbonyl (C=O) groups is 3. The highest BCUT2D eigenvalue weighted by atomic mass is 16.7. The van der Waals surface area contributed by atoms with E-state index in [4.69, 9.17) is 9.47 Å². The van der Waals surface area contributed by atoms with E-state index in [1.807, 2.05) is 19.9 Å². The molecule has 3 aliphatic rings. The van der Waals surface area contributed by atoms with E-state index in [0.29, 0.717) is 22.6 Å². The average Bonchev–Trinajstić information content (AvgIpc) is 3.50. The van der Waals surface area contributed by atoms with E-state index in [1.54, 1.807) is 25.1 Å². The lowest BCUT2D eigenvalue weighted by Gasteiger charge is -2.22. The summed E-state index contributed by atoms with van der Waals surface area (Å²) in [5, 5.41) is 2.76. The number of ketones is 1. The van der Waals surface area contributed by atoms with Crippen LogP contribution in [0.25, 0.3) is 0 Å². The highest BCUT2D eigenvalue weighted by Gasteiger charge is 2.50. The number of imide groups is 1. The third-order valence-corrected chi connectivity index (χ3v) is 7.44. The molecule has 1 saturated heterocycles. The standard InChI is InChI=1S/C27H31N3O5/c1-17-13-21(18(2)29(17)12-11-19-7-5-4-6-8-19)22(31)15-30-25(32)27(3,28-26(30)33)20-9-10-23-24(14-20)35-16-34-23/h7,9-10,13-14H,4-6,8,11-12,15-16H2,1-3H3,(H,28,33). The first-order chi connectivity index (χ1) is 16.8. The van der Waals surface area contributed by atoms with Crippen LogP contribution in [-0.4, -0.2) is 40.5 Å². The highest BCUT2D eigenvalue weighted by Crippen LogP contribution is 2.38. The average molecular weight is 478 g/mol. The van der Waals surface area contributed by atoms with Crippen LogP contribution in [0.3, 0.4) is 0 Å². The summed E-state index contributed by atoms with van der Waals surface area (Å²) in [6, 6.07) is 6.42. The summed E-state index contributed by atoms with van der Waals surface area (Å²) in [7, 11) is 0. The van der Waals surface area contributed by atoms with Crippen LogP contribution in [0.1, 0.15) is 66.3 Å². The molecule has 0 bridgehead atoms. The van der Waals surface area contributed by atoms with Gasteiger partial charge in [-0.05, 0) is 76.6 Å². The first kappa shape index (κ1) is 23.2. The van der Waals surface area contributed by atoms with Crippen molar-refractivity contribution in [2.24, 2.45) is 0 Å². The van der Waals surface area contributed by atoms with Crippen LogP contribution in [0.5, 0.6) is 11.5 Å². The van der Waals surface area contributed by atoms with Crippen molar-refractivity contribution in [1.29, 1.82) is 0 Å². The Labute approximate surface area is 204 Å². The quantitative estimate of drug-likeness (QED) is 0.363. The number of benzene rings is 1. The first-order valence-electron chi connectivity index (χ1n) is 12.2. The number of amides is 3. The Bertz CT molecular complexity index is 1240. The summed E-state index contributed by atoms with van der Waals surface area (Å²) in [5.74, 6) is 0.403. The van der Waals surface area contributed by atoms with Crippen LogP contribution in [0.2, 0.25) is 0 Å². The lowest BCUT2D eigenvalue weighted by molar-refractivity contribution is -0.130. The smallest absolute Gasteiger partial charge is 0.325 e. The number of aryl methyl sites for hydroxylation is 1. The van der Waals surface area contributed by atoms with Crippen molar-refractivity contribution < 1.29 is 23.9 Å². The van der Waals surface area contributed by atoms with Crippen molar-refractivity contribution in [2.45, 2.75) is 65.0 Å². The van der Waals surface area contributed by atoms with Crippen molar-refractivity contribution in [1.82, 2.24) is 14.8 Å². The van der Waals surface area contributed by atoms with Gasteiger partial charge in [0.05, 0.1) is 6.54 Å². The summed E-state index contributed by atoms with van der Waals surface area (Å²) in [4.78, 5) is 40.4. The van der Waals surface area contributed by atoms with Crippen LogP contribution < -0.4 is 14.8 Å². The van der Waals surface area contributed by atoms with Crippen LogP contribution in [0, 0.1) is 13.8 Å². The molecule has 1 aliphatic carbocycles. The van der Waals surface area contributed by atoms with Gasteiger partial charge in [-0.15, -0.1) is 0 Å². The number of rotatable bonds is 7. The van der Waals surface area contributed by atoms with Gasteiger partial charge in [0, 0.05) is 23.5 Å². The molecule has 0 saturated carbocycles. The predicted octanol–water partition coefficient (Wildman–Crippen LogP) is 4.37. The van der Waals surface area contributed by atoms with Gasteiger partial charge in [-0.25, -0.2) is 4.79 Å². The number of ether oxygens (including phenoxy) is 2. The number of carbonyl (C=O) groups excluding carboxylic acids is 3. The van der Waals surface area contributed by atoms with Gasteiger partial charge in [-0.2, -0.15) is 0 Å². The van der Waals surface area contributed by atoms with Gasteiger partial charge in [0.15, 0.2) is 17.3 Å². The number of fused-ring (bicyclic) bond motifs is 1. The molecule has 8 nitrogen and oxygen atoms in total. The molecule has 3 amide bonds. The van der Waals surface area contributed by atoms with Gasteiger partial charge in [0.2, 0.25) is 6.79 Å². The van der Waals surface area contributed by atoms with Crippen molar-refractivity contribution in [3.8, 4) is 11.5 Å². The van der Waals surface area contributed by atoms with Gasteiger partial charge in [-0.1, -0.05) is 17.7 Å². The Kier molecular flexibility index (Phi) is 5.91. The van der Waals surface area contributed by atoms with E-state index in [1.165, 1.54) is 18.4 Å². The van der Waals surface area contributed by atoms with Crippen LogP contribution >= 0.6 is 0 Å². The molecule has 8 heteroatoms. The molecule has 1 aromatic carbocycles. The van der Waals surface area contributed by atoms with Gasteiger partial charge in [0.1, 0.15) is 5.54 Å². The SMILES string of the molecule is Cc1cc(C(=O)CN2C(=O)NC(C)(c3ccc4c(c3)OCO4)C2=O)c(C)n1CCC1=CCCCC1. The zero-order chi connectivity index (χ0) is 24.7. The van der Waals surface area contributed by atoms with Crippen LogP contribution in [-0.2, 0) is 16.9 Å². The number of allylic oxidation sites excluding steroid dienone is 2. The molecule has 2 aromatic rings. The largest absolute Gasteiger partial charge is 0.454 e. The molecule has 1 fully saturated rings. The molecule has 184 valence electrons. The maximum absolute atomic E-state index is 13.3. The van der Waals surface area contributed by atoms with Gasteiger partial charge in [-0.3, -0.25) is 14.5 Å². The maximum Gasteiger partial charge on any atom is 0.325 e. The Hall–Kier alpha value is -3.55. The number of aromatic nitrogens is 1. The topological polar surface area (TPSA) is 89.9 Å². The van der Waals surface area contributed by atoms with E-state index in [2.05, 4.69) is 16.0 Å². The maximum atomic E-state index is 13.3. The Morgan fingerprint density at radius 3 is 2.69 bits per heavy atom. The number of Topliss-reactive ketones (excluding diaryl/α,β-unsaturated/α-hetero) is 1. The minimum absolute atomic E-state index is 0.118. The van der Waals surface area contributed by atoms with Crippen molar-refractivity contribution in [3.63, 3.8) is 0 Å². The molecule has 0 radical (unpaired) electrons. The van der Waals surface area contributed by atoms with E-state index < -0.39 is 17.5 Å². The summed E-state index contributed by atoms with van der Waals surface area (Å²) in [6.07, 6.45) is 8.14. The lowest BCUT2D eigenvalue weighted by Crippen LogP contribution is -2.41. The molecule has 5 rings (SSSR count). The lowest BCUT2D eigenvalue weighted by atomic mass is 9.91. The van der Waals surface area contributed by atoms with Crippen LogP contribution in [0.15, 0.2) is 35.9 Å². The molecule has 1 atom stereocenters. The number of hydrogen-bond acceptors (Lipinski definition) is 5. The first-order valence-corrected chi connectivity index (χ1v) is 12.2. The monoisotopic (exact) mass is 477 g/mol. The second-order valence-electron chi connectivity index (χ2n) is 9.73. The molecule has 35 heavy (non-hydrogen) atoms. The minimum atomic E-state index is -1.29. The van der Waals surface area contributed by atoms with E-state index in [0.717, 1.165) is 42.1 Å². The zero-order valence-corrected chi connectivity index (χ0v) is 20.5. The fraction of sp³-hybridized carbons (Fsp3) is 0.444. The number of nitrogens with zero attached hydrogens (tertiary/aromatic N) is 2. The fourth-order valence-electron chi connectivity index (χ4n) is 5.29. The molecular weight excluding hydrogens is 446 g/mol. The number of hydrogen-bond donors (Lipinski definition) is 1. The predicted molar refractivity (Wildman–Crippen MR) is 130 cm³/mol. The normalized spacial score (nSPS) is 21.3. The molecule has 1 unspecified atom stereocenters. The molecule has 0 spiro atoms. The molecule has 1 aromatic heterocycles. The number of nitrogens with one attached hydrogen (secondary N) is 1. The highest BCUT2D eigenvalue weighted by molar-refractivity contribution is 6.11. The van der Waals surface area contributed by atoms with E-state index >= 15 is 0 Å². The van der Waals surface area contributed by atoms with Gasteiger partial charge < -0.3 is 19.4 Å². The Balaban J connectivity index is 1.31. The van der Waals surface area contributed by atoms with Crippen molar-refractivity contribution in [2.75, 3.05) is 13.3 Å². The molecule has 3 heterocycles. The summed E-state index contributed by atoms with van der Waals surface area (Å²) < 4.78 is 12.9. The third kappa shape index (κ3) is 4.11. The van der Waals surface area contributed by atoms with E-state index in [-0.39, 0.29) is 19.1 Å². The summed E-state index contributed by atoms with van der Waals surface area (Å²) in [5.41, 5.74) is 3.20. The van der Waals surface area contributed by atoms with Crippen molar-refractivity contribution >= 4 is 17.7 Å². The summed E-state index contributed by atoms with van der Waals surface area (Å²) >= 11 is 0. The number of urea groups is 1. The van der Waals surface area contributed by atoms with Gasteiger partial charge >= 0.3 is 6.03 Å². The van der Waals surface area contributed by atoms with E-state index in [9.17, 15) is 14.4 Å². The molecule has 2 aliphatic heterocycles. The van der Waals surface area contributed by atoms with Gasteiger partial charge in [0.25, 0.3) is 5.91 Å². The zero-order valence-electron chi connectivity index (χ0n) is 20.5. The molecular formula is C27H31N3O5.